The summed E-state index contributed by atoms with van der Waals surface area (Å²) >= 11 is 3.56. The van der Waals surface area contributed by atoms with Gasteiger partial charge in [0.1, 0.15) is 5.75 Å². The lowest BCUT2D eigenvalue weighted by Gasteiger charge is -2.25. The average Bonchev–Trinajstić information content (AvgIpc) is 2.38. The number of hydrogen-bond acceptors (Lipinski definition) is 3. The molecule has 0 unspecified atom stereocenters. The van der Waals surface area contributed by atoms with Crippen LogP contribution in [0, 0.1) is 20.8 Å². The SMILES string of the molecule is COc1c(C)c(C)c(Br)c(C)c1N(C)C(=O)CN. The van der Waals surface area contributed by atoms with E-state index in [0.717, 1.165) is 32.6 Å². The minimum atomic E-state index is -0.147. The van der Waals surface area contributed by atoms with Crippen LogP contribution in [0.4, 0.5) is 5.69 Å². The predicted octanol–water partition coefficient (Wildman–Crippen LogP) is 2.30. The quantitative estimate of drug-likeness (QED) is 0.931. The van der Waals surface area contributed by atoms with E-state index < -0.39 is 0 Å². The molecule has 0 aliphatic heterocycles. The van der Waals surface area contributed by atoms with Gasteiger partial charge in [-0.15, -0.1) is 0 Å². The lowest BCUT2D eigenvalue weighted by atomic mass is 10.0. The van der Waals surface area contributed by atoms with Gasteiger partial charge in [-0.1, -0.05) is 15.9 Å². The molecule has 0 atom stereocenters. The first-order valence-electron chi connectivity index (χ1n) is 5.66. The summed E-state index contributed by atoms with van der Waals surface area (Å²) in [5.41, 5.74) is 9.28. The van der Waals surface area contributed by atoms with Gasteiger partial charge in [-0.2, -0.15) is 0 Å². The number of carbonyl (C=O) groups excluding carboxylic acids is 1. The third-order valence-electron chi connectivity index (χ3n) is 3.22. The van der Waals surface area contributed by atoms with E-state index in [1.165, 1.54) is 0 Å². The third kappa shape index (κ3) is 2.37. The Morgan fingerprint density at radius 3 is 2.28 bits per heavy atom. The maximum Gasteiger partial charge on any atom is 0.240 e. The van der Waals surface area contributed by atoms with Gasteiger partial charge in [-0.3, -0.25) is 4.79 Å². The third-order valence-corrected chi connectivity index (χ3v) is 4.41. The molecule has 18 heavy (non-hydrogen) atoms. The molecule has 1 aromatic carbocycles. The molecule has 2 N–H and O–H groups in total. The summed E-state index contributed by atoms with van der Waals surface area (Å²) in [4.78, 5) is 13.3. The molecule has 1 amide bonds. The van der Waals surface area contributed by atoms with Crippen molar-refractivity contribution >= 4 is 27.5 Å². The fraction of sp³-hybridized carbons (Fsp3) is 0.462. The van der Waals surface area contributed by atoms with Gasteiger partial charge in [0.2, 0.25) is 5.91 Å². The van der Waals surface area contributed by atoms with Crippen LogP contribution in [-0.4, -0.2) is 26.6 Å². The maximum atomic E-state index is 11.8. The molecule has 0 aromatic heterocycles. The van der Waals surface area contributed by atoms with E-state index in [1.807, 2.05) is 20.8 Å². The lowest BCUT2D eigenvalue weighted by molar-refractivity contribution is -0.117. The summed E-state index contributed by atoms with van der Waals surface area (Å²) in [5.74, 6) is 0.573. The number of likely N-dealkylation sites (N-methyl/N-ethyl adjacent to an activating group) is 1. The Morgan fingerprint density at radius 2 is 1.83 bits per heavy atom. The van der Waals surface area contributed by atoms with E-state index in [2.05, 4.69) is 15.9 Å². The van der Waals surface area contributed by atoms with Crippen molar-refractivity contribution in [2.24, 2.45) is 5.73 Å². The number of benzene rings is 1. The first-order chi connectivity index (χ1) is 8.36. The number of carbonyl (C=O) groups is 1. The molecule has 100 valence electrons. The highest BCUT2D eigenvalue weighted by Crippen LogP contribution is 2.41. The van der Waals surface area contributed by atoms with Crippen LogP contribution in [0.1, 0.15) is 16.7 Å². The van der Waals surface area contributed by atoms with Crippen molar-refractivity contribution in [3.8, 4) is 5.75 Å². The van der Waals surface area contributed by atoms with Crippen LogP contribution < -0.4 is 15.4 Å². The monoisotopic (exact) mass is 314 g/mol. The first kappa shape index (κ1) is 15.0. The number of methoxy groups -OCH3 is 1. The van der Waals surface area contributed by atoms with E-state index in [0.29, 0.717) is 0 Å². The number of nitrogens with zero attached hydrogens (tertiary/aromatic N) is 1. The summed E-state index contributed by atoms with van der Waals surface area (Å²) in [6.07, 6.45) is 0. The predicted molar refractivity (Wildman–Crippen MR) is 77.4 cm³/mol. The van der Waals surface area contributed by atoms with Crippen LogP contribution in [-0.2, 0) is 4.79 Å². The Hall–Kier alpha value is -1.07. The second-order valence-corrected chi connectivity index (χ2v) is 5.02. The van der Waals surface area contributed by atoms with Gasteiger partial charge in [0.15, 0.2) is 0 Å². The molecule has 5 heteroatoms. The van der Waals surface area contributed by atoms with Crippen molar-refractivity contribution in [1.82, 2.24) is 0 Å². The van der Waals surface area contributed by atoms with Gasteiger partial charge >= 0.3 is 0 Å². The van der Waals surface area contributed by atoms with E-state index in [-0.39, 0.29) is 12.5 Å². The zero-order valence-corrected chi connectivity index (χ0v) is 13.0. The zero-order valence-electron chi connectivity index (χ0n) is 11.4. The molecule has 0 aliphatic carbocycles. The fourth-order valence-corrected chi connectivity index (χ4v) is 2.47. The van der Waals surface area contributed by atoms with Crippen LogP contribution in [0.3, 0.4) is 0 Å². The van der Waals surface area contributed by atoms with Crippen molar-refractivity contribution in [3.05, 3.63) is 21.2 Å². The molecule has 4 nitrogen and oxygen atoms in total. The largest absolute Gasteiger partial charge is 0.494 e. The molecule has 0 heterocycles. The van der Waals surface area contributed by atoms with Crippen LogP contribution in [0.2, 0.25) is 0 Å². The summed E-state index contributed by atoms with van der Waals surface area (Å²) < 4.78 is 6.45. The van der Waals surface area contributed by atoms with Crippen molar-refractivity contribution in [2.75, 3.05) is 25.6 Å². The van der Waals surface area contributed by atoms with Crippen LogP contribution in [0.5, 0.6) is 5.75 Å². The number of amides is 1. The number of rotatable bonds is 3. The van der Waals surface area contributed by atoms with Crippen LogP contribution in [0.15, 0.2) is 4.47 Å². The smallest absolute Gasteiger partial charge is 0.240 e. The Bertz CT molecular complexity index is 487. The molecule has 0 saturated carbocycles. The summed E-state index contributed by atoms with van der Waals surface area (Å²) in [5, 5.41) is 0. The molecular weight excluding hydrogens is 296 g/mol. The lowest BCUT2D eigenvalue weighted by Crippen LogP contribution is -2.33. The van der Waals surface area contributed by atoms with Crippen molar-refractivity contribution < 1.29 is 9.53 Å². The number of ether oxygens (including phenoxy) is 1. The van der Waals surface area contributed by atoms with Crippen molar-refractivity contribution in [2.45, 2.75) is 20.8 Å². The molecule has 0 fully saturated rings. The number of anilines is 1. The number of halogens is 1. The van der Waals surface area contributed by atoms with Gasteiger partial charge in [0, 0.05) is 11.5 Å². The van der Waals surface area contributed by atoms with Crippen LogP contribution >= 0.6 is 15.9 Å². The zero-order chi connectivity index (χ0) is 14.0. The second-order valence-electron chi connectivity index (χ2n) is 4.23. The van der Waals surface area contributed by atoms with Crippen LogP contribution in [0.25, 0.3) is 0 Å². The number of hydrogen-bond donors (Lipinski definition) is 1. The van der Waals surface area contributed by atoms with Gasteiger partial charge < -0.3 is 15.4 Å². The Balaban J connectivity index is 3.56. The van der Waals surface area contributed by atoms with E-state index >= 15 is 0 Å². The molecule has 1 rings (SSSR count). The Morgan fingerprint density at radius 1 is 1.28 bits per heavy atom. The molecular formula is C13H19BrN2O2. The van der Waals surface area contributed by atoms with Crippen molar-refractivity contribution in [1.29, 1.82) is 0 Å². The molecule has 0 bridgehead atoms. The van der Waals surface area contributed by atoms with E-state index in [1.54, 1.807) is 19.1 Å². The van der Waals surface area contributed by atoms with Gasteiger partial charge in [0.25, 0.3) is 0 Å². The van der Waals surface area contributed by atoms with Gasteiger partial charge in [-0.25, -0.2) is 0 Å². The minimum absolute atomic E-state index is 0.0242. The molecule has 1 aromatic rings. The second kappa shape index (κ2) is 5.71. The highest BCUT2D eigenvalue weighted by molar-refractivity contribution is 9.10. The molecule has 0 radical (unpaired) electrons. The fourth-order valence-electron chi connectivity index (χ4n) is 1.98. The highest BCUT2D eigenvalue weighted by Gasteiger charge is 2.22. The molecule has 0 spiro atoms. The number of nitrogens with two attached hydrogens (primary N) is 1. The minimum Gasteiger partial charge on any atom is -0.494 e. The normalized spacial score (nSPS) is 10.4. The van der Waals surface area contributed by atoms with E-state index in [9.17, 15) is 4.79 Å². The summed E-state index contributed by atoms with van der Waals surface area (Å²) in [7, 11) is 3.32. The summed E-state index contributed by atoms with van der Waals surface area (Å²) in [6, 6.07) is 0. The Kier molecular flexibility index (Phi) is 4.76. The topological polar surface area (TPSA) is 55.6 Å². The van der Waals surface area contributed by atoms with Gasteiger partial charge in [-0.05, 0) is 37.5 Å². The standard InChI is InChI=1S/C13H19BrN2O2/c1-7-8(2)13(18-5)12(9(3)11(7)14)16(4)10(17)6-15/h6,15H2,1-5H3. The Labute approximate surface area is 116 Å². The molecule has 0 aliphatic rings. The molecule has 0 saturated heterocycles. The van der Waals surface area contributed by atoms with Gasteiger partial charge in [0.05, 0.1) is 19.3 Å². The maximum absolute atomic E-state index is 11.8. The van der Waals surface area contributed by atoms with Crippen molar-refractivity contribution in [3.63, 3.8) is 0 Å². The first-order valence-corrected chi connectivity index (χ1v) is 6.45. The summed E-state index contributed by atoms with van der Waals surface area (Å²) in [6.45, 7) is 5.92. The highest BCUT2D eigenvalue weighted by atomic mass is 79.9. The van der Waals surface area contributed by atoms with E-state index in [4.69, 9.17) is 10.5 Å². The average molecular weight is 315 g/mol.